The van der Waals surface area contributed by atoms with Gasteiger partial charge in [-0.05, 0) is 40.3 Å². The predicted octanol–water partition coefficient (Wildman–Crippen LogP) is 3.04. The van der Waals surface area contributed by atoms with Gasteiger partial charge < -0.3 is 15.0 Å². The number of ether oxygens (including phenoxy) is 1. The molecule has 0 spiro atoms. The van der Waals surface area contributed by atoms with E-state index in [2.05, 4.69) is 45.1 Å². The van der Waals surface area contributed by atoms with Crippen molar-refractivity contribution >= 4 is 0 Å². The Kier molecular flexibility index (Phi) is 5.14. The van der Waals surface area contributed by atoms with E-state index in [1.165, 1.54) is 38.5 Å². The zero-order valence-electron chi connectivity index (χ0n) is 14.2. The highest BCUT2D eigenvalue weighted by Crippen LogP contribution is 2.43. The minimum Gasteiger partial charge on any atom is -0.378 e. The Morgan fingerprint density at radius 1 is 1.15 bits per heavy atom. The highest BCUT2D eigenvalue weighted by Gasteiger charge is 2.49. The molecule has 0 aliphatic heterocycles. The lowest BCUT2D eigenvalue weighted by molar-refractivity contribution is -0.116. The number of nitrogens with one attached hydrogen (secondary N) is 1. The van der Waals surface area contributed by atoms with Gasteiger partial charge in [0.1, 0.15) is 0 Å². The number of rotatable bonds is 6. The van der Waals surface area contributed by atoms with Gasteiger partial charge in [0.2, 0.25) is 0 Å². The third-order valence-corrected chi connectivity index (χ3v) is 5.96. The second kappa shape index (κ2) is 6.33. The maximum absolute atomic E-state index is 5.84. The normalized spacial score (nSPS) is 32.1. The molecule has 3 nitrogen and oxygen atoms in total. The lowest BCUT2D eigenvalue weighted by Gasteiger charge is -2.53. The van der Waals surface area contributed by atoms with Crippen LogP contribution in [0.2, 0.25) is 0 Å². The summed E-state index contributed by atoms with van der Waals surface area (Å²) < 4.78 is 5.84. The largest absolute Gasteiger partial charge is 0.378 e. The predicted molar refractivity (Wildman–Crippen MR) is 85.1 cm³/mol. The molecule has 0 radical (unpaired) electrons. The van der Waals surface area contributed by atoms with Crippen LogP contribution >= 0.6 is 0 Å². The molecule has 0 heterocycles. The van der Waals surface area contributed by atoms with Gasteiger partial charge in [0, 0.05) is 30.1 Å². The number of hydrogen-bond donors (Lipinski definition) is 1. The third kappa shape index (κ3) is 3.05. The van der Waals surface area contributed by atoms with Crippen LogP contribution in [-0.4, -0.2) is 49.8 Å². The van der Waals surface area contributed by atoms with E-state index in [0.717, 1.165) is 13.2 Å². The molecule has 1 N–H and O–H groups in total. The van der Waals surface area contributed by atoms with E-state index < -0.39 is 0 Å². The zero-order valence-corrected chi connectivity index (χ0v) is 14.2. The molecule has 0 bridgehead atoms. The molecule has 0 aromatic rings. The van der Waals surface area contributed by atoms with E-state index in [1.807, 2.05) is 0 Å². The van der Waals surface area contributed by atoms with Crippen molar-refractivity contribution in [1.82, 2.24) is 10.2 Å². The van der Waals surface area contributed by atoms with Crippen molar-refractivity contribution in [2.75, 3.05) is 27.2 Å². The van der Waals surface area contributed by atoms with Gasteiger partial charge in [-0.25, -0.2) is 0 Å². The first kappa shape index (κ1) is 16.3. The summed E-state index contributed by atoms with van der Waals surface area (Å²) in [5, 5.41) is 3.87. The average Bonchev–Trinajstić information content (AvgIpc) is 2.42. The summed E-state index contributed by atoms with van der Waals surface area (Å²) in [6, 6.07) is 0.609. The minimum absolute atomic E-state index is 0.276. The Bertz CT molecular complexity index is 308. The van der Waals surface area contributed by atoms with E-state index in [-0.39, 0.29) is 5.41 Å². The van der Waals surface area contributed by atoms with Crippen LogP contribution in [0.25, 0.3) is 0 Å². The second-order valence-corrected chi connectivity index (χ2v) is 7.61. The lowest BCUT2D eigenvalue weighted by Crippen LogP contribution is -2.64. The highest BCUT2D eigenvalue weighted by molar-refractivity contribution is 5.04. The summed E-state index contributed by atoms with van der Waals surface area (Å²) in [5.41, 5.74) is 0.656. The summed E-state index contributed by atoms with van der Waals surface area (Å²) in [6.07, 6.45) is 8.47. The van der Waals surface area contributed by atoms with Gasteiger partial charge in [0.25, 0.3) is 0 Å². The maximum Gasteiger partial charge on any atom is 0.0655 e. The SMILES string of the molecule is CCOC1CC(NCC2(N(C)C)CCCCC2)C1(C)C. The van der Waals surface area contributed by atoms with Gasteiger partial charge in [-0.2, -0.15) is 0 Å². The van der Waals surface area contributed by atoms with Crippen LogP contribution in [0.4, 0.5) is 0 Å². The topological polar surface area (TPSA) is 24.5 Å². The van der Waals surface area contributed by atoms with Gasteiger partial charge in [-0.15, -0.1) is 0 Å². The highest BCUT2D eigenvalue weighted by atomic mass is 16.5. The third-order valence-electron chi connectivity index (χ3n) is 5.96. The van der Waals surface area contributed by atoms with E-state index in [4.69, 9.17) is 4.74 Å². The standard InChI is InChI=1S/C17H34N2O/c1-6-20-15-12-14(16(15,2)3)18-13-17(19(4)5)10-8-7-9-11-17/h14-15,18H,6-13H2,1-5H3. The molecule has 0 aromatic carbocycles. The summed E-state index contributed by atoms with van der Waals surface area (Å²) in [4.78, 5) is 2.46. The van der Waals surface area contributed by atoms with E-state index >= 15 is 0 Å². The fourth-order valence-corrected chi connectivity index (χ4v) is 4.02. The molecule has 0 aromatic heterocycles. The number of nitrogens with zero attached hydrogens (tertiary/aromatic N) is 1. The molecule has 2 unspecified atom stereocenters. The Morgan fingerprint density at radius 2 is 1.80 bits per heavy atom. The molecule has 2 atom stereocenters. The summed E-state index contributed by atoms with van der Waals surface area (Å²) in [7, 11) is 4.50. The molecule has 2 aliphatic rings. The Morgan fingerprint density at radius 3 is 2.30 bits per heavy atom. The number of likely N-dealkylation sites (N-methyl/N-ethyl adjacent to an activating group) is 1. The van der Waals surface area contributed by atoms with Crippen molar-refractivity contribution in [3.8, 4) is 0 Å². The molecule has 2 fully saturated rings. The van der Waals surface area contributed by atoms with Crippen LogP contribution in [0.5, 0.6) is 0 Å². The van der Waals surface area contributed by atoms with Crippen LogP contribution in [0.15, 0.2) is 0 Å². The molecular formula is C17H34N2O. The first-order chi connectivity index (χ1) is 9.42. The van der Waals surface area contributed by atoms with E-state index in [1.54, 1.807) is 0 Å². The molecule has 118 valence electrons. The van der Waals surface area contributed by atoms with E-state index in [9.17, 15) is 0 Å². The average molecular weight is 282 g/mol. The lowest BCUT2D eigenvalue weighted by atomic mass is 9.64. The van der Waals surface area contributed by atoms with Crippen molar-refractivity contribution in [2.45, 2.75) is 77.0 Å². The molecule has 0 saturated heterocycles. The molecule has 0 amide bonds. The van der Waals surface area contributed by atoms with Crippen LogP contribution < -0.4 is 5.32 Å². The summed E-state index contributed by atoms with van der Waals surface area (Å²) in [5.74, 6) is 0. The Labute approximate surface area is 125 Å². The minimum atomic E-state index is 0.276. The fourth-order valence-electron chi connectivity index (χ4n) is 4.02. The van der Waals surface area contributed by atoms with Crippen molar-refractivity contribution < 1.29 is 4.74 Å². The van der Waals surface area contributed by atoms with Crippen molar-refractivity contribution in [2.24, 2.45) is 5.41 Å². The first-order valence-electron chi connectivity index (χ1n) is 8.45. The van der Waals surface area contributed by atoms with Crippen LogP contribution in [-0.2, 0) is 4.74 Å². The Balaban J connectivity index is 1.88. The van der Waals surface area contributed by atoms with Crippen LogP contribution in [0.3, 0.4) is 0 Å². The van der Waals surface area contributed by atoms with Crippen molar-refractivity contribution in [3.05, 3.63) is 0 Å². The molecule has 2 aliphatic carbocycles. The van der Waals surface area contributed by atoms with Crippen LogP contribution in [0, 0.1) is 5.41 Å². The van der Waals surface area contributed by atoms with Gasteiger partial charge in [-0.1, -0.05) is 33.1 Å². The molecule has 20 heavy (non-hydrogen) atoms. The van der Waals surface area contributed by atoms with Crippen molar-refractivity contribution in [3.63, 3.8) is 0 Å². The van der Waals surface area contributed by atoms with Gasteiger partial charge in [-0.3, -0.25) is 0 Å². The molecular weight excluding hydrogens is 248 g/mol. The molecule has 3 heteroatoms. The van der Waals surface area contributed by atoms with Gasteiger partial charge in [0.05, 0.1) is 6.10 Å². The smallest absolute Gasteiger partial charge is 0.0655 e. The second-order valence-electron chi connectivity index (χ2n) is 7.61. The maximum atomic E-state index is 5.84. The monoisotopic (exact) mass is 282 g/mol. The first-order valence-corrected chi connectivity index (χ1v) is 8.45. The van der Waals surface area contributed by atoms with Gasteiger partial charge in [0.15, 0.2) is 0 Å². The van der Waals surface area contributed by atoms with E-state index in [0.29, 0.717) is 17.7 Å². The van der Waals surface area contributed by atoms with Crippen LogP contribution in [0.1, 0.15) is 59.3 Å². The van der Waals surface area contributed by atoms with Gasteiger partial charge >= 0.3 is 0 Å². The fraction of sp³-hybridized carbons (Fsp3) is 1.00. The molecule has 2 rings (SSSR count). The Hall–Kier alpha value is -0.120. The zero-order chi connectivity index (χ0) is 14.8. The molecule has 2 saturated carbocycles. The number of hydrogen-bond acceptors (Lipinski definition) is 3. The summed E-state index contributed by atoms with van der Waals surface area (Å²) in [6.45, 7) is 8.75. The summed E-state index contributed by atoms with van der Waals surface area (Å²) >= 11 is 0. The quantitative estimate of drug-likeness (QED) is 0.810. The van der Waals surface area contributed by atoms with Crippen molar-refractivity contribution in [1.29, 1.82) is 0 Å².